The number of fused-ring (bicyclic) bond motifs is 1. The topological polar surface area (TPSA) is 80.4 Å². The van der Waals surface area contributed by atoms with E-state index in [1.165, 1.54) is 4.90 Å². The van der Waals surface area contributed by atoms with Crippen LogP contribution in [-0.2, 0) is 4.79 Å². The molecule has 3 rings (SSSR count). The first-order valence-electron chi connectivity index (χ1n) is 7.82. The van der Waals surface area contributed by atoms with E-state index in [1.807, 2.05) is 31.2 Å². The van der Waals surface area contributed by atoms with Crippen LogP contribution in [0.2, 0.25) is 0 Å². The lowest BCUT2D eigenvalue weighted by atomic mass is 9.94. The predicted molar refractivity (Wildman–Crippen MR) is 84.7 cm³/mol. The minimum atomic E-state index is -0.213. The van der Waals surface area contributed by atoms with Gasteiger partial charge in [0.2, 0.25) is 11.7 Å². The van der Waals surface area contributed by atoms with E-state index in [2.05, 4.69) is 4.98 Å². The summed E-state index contributed by atoms with van der Waals surface area (Å²) in [6.45, 7) is 3.62. The van der Waals surface area contributed by atoms with Gasteiger partial charge in [-0.3, -0.25) is 9.59 Å². The number of primary amides is 1. The molecule has 1 aliphatic heterocycles. The molecule has 116 valence electrons. The minimum Gasteiger partial charge on any atom is -0.369 e. The summed E-state index contributed by atoms with van der Waals surface area (Å²) in [7, 11) is 0. The maximum atomic E-state index is 12.8. The second kappa shape index (κ2) is 5.93. The number of rotatable bonds is 4. The summed E-state index contributed by atoms with van der Waals surface area (Å²) in [6, 6.07) is 7.75. The summed E-state index contributed by atoms with van der Waals surface area (Å²) in [5, 5.41) is 0.978. The SMILES string of the molecule is C[C@H](C(=O)c1c[nH]c2ccccc12)[NH+]1CCC(C(N)=O)CC1. The number of quaternary nitrogens is 1. The van der Waals surface area contributed by atoms with Crippen molar-refractivity contribution in [2.75, 3.05) is 13.1 Å². The minimum absolute atomic E-state index is 0.0286. The number of benzene rings is 1. The van der Waals surface area contributed by atoms with Gasteiger partial charge in [-0.05, 0) is 13.0 Å². The number of aromatic nitrogens is 1. The van der Waals surface area contributed by atoms with E-state index < -0.39 is 0 Å². The number of carbonyl (C=O) groups excluding carboxylic acids is 2. The smallest absolute Gasteiger partial charge is 0.221 e. The van der Waals surface area contributed by atoms with Crippen LogP contribution in [0.15, 0.2) is 30.5 Å². The molecule has 2 aromatic rings. The van der Waals surface area contributed by atoms with Crippen LogP contribution in [0, 0.1) is 5.92 Å². The molecular weight excluding hydrogens is 278 g/mol. The Balaban J connectivity index is 1.74. The molecule has 0 aliphatic carbocycles. The molecule has 4 N–H and O–H groups in total. The Morgan fingerprint density at radius 1 is 1.27 bits per heavy atom. The van der Waals surface area contributed by atoms with Crippen molar-refractivity contribution in [3.63, 3.8) is 0 Å². The lowest BCUT2D eigenvalue weighted by molar-refractivity contribution is -0.919. The third-order valence-corrected chi connectivity index (χ3v) is 4.89. The Hall–Kier alpha value is -2.14. The first kappa shape index (κ1) is 14.8. The standard InChI is InChI=1S/C17H21N3O2/c1-11(20-8-6-12(7-9-20)17(18)22)16(21)14-10-19-15-5-3-2-4-13(14)15/h2-5,10-12,19H,6-9H2,1H3,(H2,18,22)/p+1/t11-/m1/s1. The first-order chi connectivity index (χ1) is 10.6. The number of piperidine rings is 1. The lowest BCUT2D eigenvalue weighted by Crippen LogP contribution is -3.17. The van der Waals surface area contributed by atoms with Crippen molar-refractivity contribution in [3.8, 4) is 0 Å². The molecule has 1 aliphatic rings. The number of hydrogen-bond acceptors (Lipinski definition) is 2. The second-order valence-corrected chi connectivity index (χ2v) is 6.17. The zero-order chi connectivity index (χ0) is 15.7. The van der Waals surface area contributed by atoms with Crippen molar-refractivity contribution in [1.29, 1.82) is 0 Å². The van der Waals surface area contributed by atoms with Crippen LogP contribution in [0.1, 0.15) is 30.1 Å². The number of nitrogens with one attached hydrogen (secondary N) is 2. The summed E-state index contributed by atoms with van der Waals surface area (Å²) in [6.07, 6.45) is 3.35. The Morgan fingerprint density at radius 3 is 2.64 bits per heavy atom. The molecule has 1 aromatic carbocycles. The van der Waals surface area contributed by atoms with E-state index in [0.29, 0.717) is 0 Å². The highest BCUT2D eigenvalue weighted by Gasteiger charge is 2.33. The van der Waals surface area contributed by atoms with Gasteiger partial charge in [0.05, 0.1) is 13.1 Å². The van der Waals surface area contributed by atoms with Crippen LogP contribution in [0.25, 0.3) is 10.9 Å². The summed E-state index contributed by atoms with van der Waals surface area (Å²) < 4.78 is 0. The van der Waals surface area contributed by atoms with Crippen LogP contribution in [-0.4, -0.2) is 35.8 Å². The van der Waals surface area contributed by atoms with E-state index >= 15 is 0 Å². The van der Waals surface area contributed by atoms with Crippen LogP contribution < -0.4 is 10.6 Å². The van der Waals surface area contributed by atoms with Gasteiger partial charge in [-0.2, -0.15) is 0 Å². The Kier molecular flexibility index (Phi) is 3.98. The molecular formula is C17H22N3O2+. The summed E-state index contributed by atoms with van der Waals surface area (Å²) in [5.41, 5.74) is 7.11. The van der Waals surface area contributed by atoms with E-state index in [4.69, 9.17) is 5.73 Å². The average Bonchev–Trinajstić information content (AvgIpc) is 2.97. The molecule has 22 heavy (non-hydrogen) atoms. The van der Waals surface area contributed by atoms with E-state index in [-0.39, 0.29) is 23.7 Å². The highest BCUT2D eigenvalue weighted by molar-refractivity contribution is 6.09. The van der Waals surface area contributed by atoms with Gasteiger partial charge in [0, 0.05) is 41.4 Å². The second-order valence-electron chi connectivity index (χ2n) is 6.17. The number of para-hydroxylation sites is 1. The highest BCUT2D eigenvalue weighted by atomic mass is 16.1. The highest BCUT2D eigenvalue weighted by Crippen LogP contribution is 2.19. The molecule has 1 amide bonds. The number of H-pyrrole nitrogens is 1. The molecule has 0 bridgehead atoms. The van der Waals surface area contributed by atoms with Crippen molar-refractivity contribution in [2.24, 2.45) is 11.7 Å². The zero-order valence-electron chi connectivity index (χ0n) is 12.8. The number of aromatic amines is 1. The maximum absolute atomic E-state index is 12.8. The molecule has 1 saturated heterocycles. The Morgan fingerprint density at radius 2 is 1.95 bits per heavy atom. The van der Waals surface area contributed by atoms with Crippen molar-refractivity contribution in [1.82, 2.24) is 4.98 Å². The molecule has 2 heterocycles. The first-order valence-corrected chi connectivity index (χ1v) is 7.82. The van der Waals surface area contributed by atoms with Crippen LogP contribution in [0.4, 0.5) is 0 Å². The zero-order valence-corrected chi connectivity index (χ0v) is 12.8. The summed E-state index contributed by atoms with van der Waals surface area (Å²) in [5.74, 6) is -0.0845. The molecule has 5 nitrogen and oxygen atoms in total. The molecule has 1 fully saturated rings. The van der Waals surface area contributed by atoms with Gasteiger partial charge in [-0.15, -0.1) is 0 Å². The molecule has 0 radical (unpaired) electrons. The van der Waals surface area contributed by atoms with E-state index in [0.717, 1.165) is 42.4 Å². The van der Waals surface area contributed by atoms with Gasteiger partial charge in [0.15, 0.2) is 0 Å². The largest absolute Gasteiger partial charge is 0.369 e. The normalized spacial score (nSPS) is 23.3. The average molecular weight is 300 g/mol. The predicted octanol–water partition coefficient (Wildman–Crippen LogP) is 0.519. The number of hydrogen-bond donors (Lipinski definition) is 3. The Labute approximate surface area is 129 Å². The third kappa shape index (κ3) is 2.64. The lowest BCUT2D eigenvalue weighted by Gasteiger charge is -2.31. The molecule has 0 saturated carbocycles. The van der Waals surface area contributed by atoms with Crippen molar-refractivity contribution in [2.45, 2.75) is 25.8 Å². The van der Waals surface area contributed by atoms with Crippen molar-refractivity contribution < 1.29 is 14.5 Å². The van der Waals surface area contributed by atoms with Crippen molar-refractivity contribution >= 4 is 22.6 Å². The molecule has 1 aromatic heterocycles. The number of carbonyl (C=O) groups is 2. The molecule has 1 atom stereocenters. The summed E-state index contributed by atoms with van der Waals surface area (Å²) in [4.78, 5) is 28.4. The van der Waals surface area contributed by atoms with Gasteiger partial charge in [0.25, 0.3) is 0 Å². The number of likely N-dealkylation sites (tertiary alicyclic amines) is 1. The van der Waals surface area contributed by atoms with Crippen molar-refractivity contribution in [3.05, 3.63) is 36.0 Å². The van der Waals surface area contributed by atoms with E-state index in [1.54, 1.807) is 6.20 Å². The van der Waals surface area contributed by atoms with Crippen LogP contribution in [0.3, 0.4) is 0 Å². The molecule has 0 unspecified atom stereocenters. The third-order valence-electron chi connectivity index (χ3n) is 4.89. The van der Waals surface area contributed by atoms with Gasteiger partial charge >= 0.3 is 0 Å². The van der Waals surface area contributed by atoms with Crippen LogP contribution >= 0.6 is 0 Å². The number of amides is 1. The Bertz CT molecular complexity index is 699. The monoisotopic (exact) mass is 300 g/mol. The number of ketones is 1. The van der Waals surface area contributed by atoms with Crippen LogP contribution in [0.5, 0.6) is 0 Å². The molecule has 5 heteroatoms. The van der Waals surface area contributed by atoms with E-state index in [9.17, 15) is 9.59 Å². The quantitative estimate of drug-likeness (QED) is 0.720. The van der Waals surface area contributed by atoms with Gasteiger partial charge in [-0.25, -0.2) is 0 Å². The maximum Gasteiger partial charge on any atom is 0.221 e. The fourth-order valence-electron chi connectivity index (χ4n) is 3.40. The summed E-state index contributed by atoms with van der Waals surface area (Å²) >= 11 is 0. The fourth-order valence-corrected chi connectivity index (χ4v) is 3.40. The number of Topliss-reactive ketones (excluding diaryl/α,β-unsaturated/α-hetero) is 1. The van der Waals surface area contributed by atoms with Gasteiger partial charge in [-0.1, -0.05) is 18.2 Å². The fraction of sp³-hybridized carbons (Fsp3) is 0.412. The van der Waals surface area contributed by atoms with Gasteiger partial charge < -0.3 is 15.6 Å². The van der Waals surface area contributed by atoms with Gasteiger partial charge in [0.1, 0.15) is 6.04 Å². The number of nitrogens with two attached hydrogens (primary N) is 1. The molecule has 0 spiro atoms.